The molecule has 2 rings (SSSR count). The Kier molecular flexibility index (Phi) is 4.84. The zero-order chi connectivity index (χ0) is 15.2. The molecule has 0 unspecified atom stereocenters. The van der Waals surface area contributed by atoms with Crippen molar-refractivity contribution in [2.45, 2.75) is 6.92 Å². The van der Waals surface area contributed by atoms with Crippen LogP contribution in [0.25, 0.3) is 0 Å². The highest BCUT2D eigenvalue weighted by Gasteiger charge is 2.12. The summed E-state index contributed by atoms with van der Waals surface area (Å²) in [5.41, 5.74) is 0.380. The average molecular weight is 304 g/mol. The van der Waals surface area contributed by atoms with Gasteiger partial charge in [0.05, 0.1) is 0 Å². The van der Waals surface area contributed by atoms with Gasteiger partial charge < -0.3 is 9.47 Å². The van der Waals surface area contributed by atoms with Gasteiger partial charge in [-0.1, -0.05) is 6.07 Å². The van der Waals surface area contributed by atoms with Crippen LogP contribution in [0.15, 0.2) is 41.8 Å². The number of hydrogen-bond donors (Lipinski definition) is 0. The van der Waals surface area contributed by atoms with Crippen molar-refractivity contribution in [1.29, 1.82) is 0 Å². The number of thiophene rings is 1. The number of ketones is 1. The molecule has 6 heteroatoms. The van der Waals surface area contributed by atoms with Crippen molar-refractivity contribution in [3.8, 4) is 5.75 Å². The second-order valence-corrected chi connectivity index (χ2v) is 5.04. The lowest BCUT2D eigenvalue weighted by molar-refractivity contribution is -0.131. The third-order valence-corrected chi connectivity index (χ3v) is 3.34. The van der Waals surface area contributed by atoms with E-state index in [1.165, 1.54) is 42.5 Å². The van der Waals surface area contributed by atoms with E-state index in [4.69, 9.17) is 9.47 Å². The number of ether oxygens (including phenoxy) is 2. The van der Waals surface area contributed by atoms with E-state index in [0.29, 0.717) is 16.2 Å². The van der Waals surface area contributed by atoms with Gasteiger partial charge in [-0.3, -0.25) is 9.59 Å². The highest BCUT2D eigenvalue weighted by atomic mass is 32.1. The van der Waals surface area contributed by atoms with Crippen molar-refractivity contribution in [3.63, 3.8) is 0 Å². The van der Waals surface area contributed by atoms with Gasteiger partial charge in [-0.25, -0.2) is 4.79 Å². The molecular formula is C15H12O5S. The van der Waals surface area contributed by atoms with Crippen LogP contribution in [0.1, 0.15) is 27.0 Å². The SMILES string of the molecule is CC(=O)Oc1ccc(C(=O)COC(=O)c2cccs2)cc1. The van der Waals surface area contributed by atoms with Crippen molar-refractivity contribution in [3.05, 3.63) is 52.2 Å². The van der Waals surface area contributed by atoms with Crippen LogP contribution < -0.4 is 4.74 Å². The van der Waals surface area contributed by atoms with Crippen LogP contribution in [-0.4, -0.2) is 24.3 Å². The quantitative estimate of drug-likeness (QED) is 0.482. The van der Waals surface area contributed by atoms with E-state index in [1.807, 2.05) is 0 Å². The lowest BCUT2D eigenvalue weighted by atomic mass is 10.1. The Morgan fingerprint density at radius 1 is 1.10 bits per heavy atom. The maximum atomic E-state index is 11.9. The van der Waals surface area contributed by atoms with Crippen LogP contribution in [-0.2, 0) is 9.53 Å². The van der Waals surface area contributed by atoms with Crippen molar-refractivity contribution in [1.82, 2.24) is 0 Å². The number of rotatable bonds is 5. The van der Waals surface area contributed by atoms with Gasteiger partial charge in [-0.15, -0.1) is 11.3 Å². The predicted molar refractivity (Wildman–Crippen MR) is 76.7 cm³/mol. The van der Waals surface area contributed by atoms with Gasteiger partial charge in [-0.2, -0.15) is 0 Å². The minimum absolute atomic E-state index is 0.325. The lowest BCUT2D eigenvalue weighted by Crippen LogP contribution is -2.13. The van der Waals surface area contributed by atoms with Gasteiger partial charge in [0, 0.05) is 12.5 Å². The molecule has 0 radical (unpaired) electrons. The van der Waals surface area contributed by atoms with Crippen molar-refractivity contribution >= 4 is 29.1 Å². The van der Waals surface area contributed by atoms with Crippen LogP contribution in [0.4, 0.5) is 0 Å². The maximum Gasteiger partial charge on any atom is 0.348 e. The van der Waals surface area contributed by atoms with Crippen molar-refractivity contribution < 1.29 is 23.9 Å². The summed E-state index contributed by atoms with van der Waals surface area (Å²) in [6.45, 7) is 0.965. The molecule has 0 saturated heterocycles. The van der Waals surface area contributed by atoms with Crippen LogP contribution in [0.3, 0.4) is 0 Å². The van der Waals surface area contributed by atoms with E-state index in [1.54, 1.807) is 17.5 Å². The summed E-state index contributed by atoms with van der Waals surface area (Å²) >= 11 is 1.25. The Hall–Kier alpha value is -2.47. The summed E-state index contributed by atoms with van der Waals surface area (Å²) in [6.07, 6.45) is 0. The van der Waals surface area contributed by atoms with E-state index in [2.05, 4.69) is 0 Å². The van der Waals surface area contributed by atoms with Crippen LogP contribution in [0, 0.1) is 0 Å². The van der Waals surface area contributed by atoms with Crippen LogP contribution in [0.5, 0.6) is 5.75 Å². The molecule has 0 amide bonds. The summed E-state index contributed by atoms with van der Waals surface area (Å²) in [5.74, 6) is -0.919. The van der Waals surface area contributed by atoms with Gasteiger partial charge >= 0.3 is 11.9 Å². The summed E-state index contributed by atoms with van der Waals surface area (Å²) in [7, 11) is 0. The molecule has 0 fully saturated rings. The monoisotopic (exact) mass is 304 g/mol. The molecule has 1 heterocycles. The van der Waals surface area contributed by atoms with E-state index in [-0.39, 0.29) is 12.4 Å². The van der Waals surface area contributed by atoms with E-state index in [0.717, 1.165) is 0 Å². The Morgan fingerprint density at radius 2 is 1.81 bits per heavy atom. The smallest absolute Gasteiger partial charge is 0.348 e. The molecule has 0 aliphatic carbocycles. The second-order valence-electron chi connectivity index (χ2n) is 4.09. The van der Waals surface area contributed by atoms with E-state index >= 15 is 0 Å². The molecule has 1 aromatic heterocycles. The first-order valence-corrected chi connectivity index (χ1v) is 6.96. The highest BCUT2D eigenvalue weighted by molar-refractivity contribution is 7.11. The third kappa shape index (κ3) is 4.25. The average Bonchev–Trinajstić information content (AvgIpc) is 2.99. The predicted octanol–water partition coefficient (Wildman–Crippen LogP) is 2.71. The Morgan fingerprint density at radius 3 is 2.38 bits per heavy atom. The summed E-state index contributed by atoms with van der Waals surface area (Å²) in [6, 6.07) is 9.41. The van der Waals surface area contributed by atoms with E-state index in [9.17, 15) is 14.4 Å². The van der Waals surface area contributed by atoms with Crippen molar-refractivity contribution in [2.75, 3.05) is 6.61 Å². The molecule has 21 heavy (non-hydrogen) atoms. The van der Waals surface area contributed by atoms with Crippen LogP contribution in [0.2, 0.25) is 0 Å². The first-order valence-electron chi connectivity index (χ1n) is 6.08. The third-order valence-electron chi connectivity index (χ3n) is 2.49. The normalized spacial score (nSPS) is 9.95. The summed E-state index contributed by atoms with van der Waals surface area (Å²) < 4.78 is 9.80. The molecule has 0 N–H and O–H groups in total. The van der Waals surface area contributed by atoms with Crippen LogP contribution >= 0.6 is 11.3 Å². The molecule has 0 bridgehead atoms. The molecule has 0 saturated carbocycles. The minimum atomic E-state index is -0.519. The Bertz CT molecular complexity index is 643. The molecule has 5 nitrogen and oxygen atoms in total. The first kappa shape index (κ1) is 14.9. The zero-order valence-corrected chi connectivity index (χ0v) is 12.0. The number of hydrogen-bond acceptors (Lipinski definition) is 6. The molecule has 0 spiro atoms. The molecular weight excluding hydrogens is 292 g/mol. The Labute approximate surface area is 125 Å². The van der Waals surface area contributed by atoms with E-state index < -0.39 is 11.9 Å². The fourth-order valence-corrected chi connectivity index (χ4v) is 2.17. The van der Waals surface area contributed by atoms with Gasteiger partial charge in [0.1, 0.15) is 10.6 Å². The maximum absolute atomic E-state index is 11.9. The lowest BCUT2D eigenvalue weighted by Gasteiger charge is -2.04. The molecule has 2 aromatic rings. The van der Waals surface area contributed by atoms with Gasteiger partial charge in [0.15, 0.2) is 12.4 Å². The summed E-state index contributed by atoms with van der Waals surface area (Å²) in [5, 5.41) is 1.76. The number of Topliss-reactive ketones (excluding diaryl/α,β-unsaturated/α-hetero) is 1. The molecule has 0 aliphatic heterocycles. The topological polar surface area (TPSA) is 69.7 Å². The van der Waals surface area contributed by atoms with Gasteiger partial charge in [0.2, 0.25) is 0 Å². The highest BCUT2D eigenvalue weighted by Crippen LogP contribution is 2.14. The fourth-order valence-electron chi connectivity index (χ4n) is 1.56. The summed E-state index contributed by atoms with van der Waals surface area (Å²) in [4.78, 5) is 34.7. The molecule has 0 aliphatic rings. The number of esters is 2. The molecule has 108 valence electrons. The van der Waals surface area contributed by atoms with Gasteiger partial charge in [-0.05, 0) is 35.7 Å². The Balaban J connectivity index is 1.91. The number of benzene rings is 1. The number of carbonyl (C=O) groups is 3. The largest absolute Gasteiger partial charge is 0.453 e. The second kappa shape index (κ2) is 6.81. The minimum Gasteiger partial charge on any atom is -0.453 e. The first-order chi connectivity index (χ1) is 10.1. The standard InChI is InChI=1S/C15H12O5S/c1-10(16)20-12-6-4-11(5-7-12)13(17)9-19-15(18)14-3-2-8-21-14/h2-8H,9H2,1H3. The number of carbonyl (C=O) groups excluding carboxylic acids is 3. The van der Waals surface area contributed by atoms with Gasteiger partial charge in [0.25, 0.3) is 0 Å². The fraction of sp³-hybridized carbons (Fsp3) is 0.133. The molecule has 1 aromatic carbocycles. The van der Waals surface area contributed by atoms with Crippen molar-refractivity contribution in [2.24, 2.45) is 0 Å². The zero-order valence-electron chi connectivity index (χ0n) is 11.2. The molecule has 0 atom stereocenters.